The van der Waals surface area contributed by atoms with Gasteiger partial charge in [0.2, 0.25) is 0 Å². The third-order valence-corrected chi connectivity index (χ3v) is 7.76. The van der Waals surface area contributed by atoms with Crippen LogP contribution in [0.5, 0.6) is 5.75 Å². The van der Waals surface area contributed by atoms with E-state index in [4.69, 9.17) is 0 Å². The topological polar surface area (TPSA) is 26.7 Å². The first-order valence-corrected chi connectivity index (χ1v) is 13.1. The number of hydrogen-bond acceptors (Lipinski definition) is 3. The van der Waals surface area contributed by atoms with Crippen molar-refractivity contribution in [3.8, 4) is 16.9 Å². The summed E-state index contributed by atoms with van der Waals surface area (Å²) in [4.78, 5) is 5.24. The Bertz CT molecular complexity index is 1140. The SMILES string of the molecule is CC(C)(C)c1cc(CN2CCN(C3c4ccccc4-c4ccccc43)CC2)cc(C(C)(C)C)c1O. The van der Waals surface area contributed by atoms with Gasteiger partial charge in [-0.25, -0.2) is 0 Å². The van der Waals surface area contributed by atoms with Crippen LogP contribution in [0, 0.1) is 0 Å². The molecule has 0 aromatic heterocycles. The molecule has 184 valence electrons. The first kappa shape index (κ1) is 24.1. The van der Waals surface area contributed by atoms with Gasteiger partial charge < -0.3 is 5.11 Å². The molecule has 0 spiro atoms. The lowest BCUT2D eigenvalue weighted by atomic mass is 9.78. The summed E-state index contributed by atoms with van der Waals surface area (Å²) in [6, 6.07) is 22.7. The zero-order valence-electron chi connectivity index (χ0n) is 22.2. The third-order valence-electron chi connectivity index (χ3n) is 7.76. The molecule has 1 aliphatic heterocycles. The average molecular weight is 469 g/mol. The van der Waals surface area contributed by atoms with Gasteiger partial charge in [-0.1, -0.05) is 102 Å². The second kappa shape index (κ2) is 8.80. The minimum Gasteiger partial charge on any atom is -0.507 e. The van der Waals surface area contributed by atoms with Crippen molar-refractivity contribution in [1.29, 1.82) is 0 Å². The number of nitrogens with zero attached hydrogens (tertiary/aromatic N) is 2. The molecule has 0 amide bonds. The summed E-state index contributed by atoms with van der Waals surface area (Å²) in [6.07, 6.45) is 0. The monoisotopic (exact) mass is 468 g/mol. The smallest absolute Gasteiger partial charge is 0.123 e. The second-order valence-corrected chi connectivity index (χ2v) is 12.4. The highest BCUT2D eigenvalue weighted by atomic mass is 16.3. The van der Waals surface area contributed by atoms with E-state index in [1.54, 1.807) is 0 Å². The van der Waals surface area contributed by atoms with E-state index in [9.17, 15) is 5.11 Å². The van der Waals surface area contributed by atoms with Crippen LogP contribution in [-0.4, -0.2) is 41.1 Å². The van der Waals surface area contributed by atoms with Crippen LogP contribution in [0.2, 0.25) is 0 Å². The van der Waals surface area contributed by atoms with Gasteiger partial charge in [-0.15, -0.1) is 0 Å². The lowest BCUT2D eigenvalue weighted by Gasteiger charge is -2.39. The van der Waals surface area contributed by atoms with Crippen LogP contribution >= 0.6 is 0 Å². The van der Waals surface area contributed by atoms with E-state index in [2.05, 4.69) is 112 Å². The van der Waals surface area contributed by atoms with E-state index < -0.39 is 0 Å². The van der Waals surface area contributed by atoms with Gasteiger partial charge in [0.05, 0.1) is 6.04 Å². The van der Waals surface area contributed by atoms with Gasteiger partial charge in [-0.2, -0.15) is 0 Å². The first-order valence-electron chi connectivity index (χ1n) is 13.1. The van der Waals surface area contributed by atoms with Crippen LogP contribution in [-0.2, 0) is 17.4 Å². The molecule has 1 saturated heterocycles. The normalized spacial score (nSPS) is 17.4. The van der Waals surface area contributed by atoms with Gasteiger partial charge in [0.1, 0.15) is 5.75 Å². The molecular formula is C32H40N2O. The predicted molar refractivity (Wildman–Crippen MR) is 146 cm³/mol. The molecule has 1 heterocycles. The van der Waals surface area contributed by atoms with E-state index >= 15 is 0 Å². The number of piperazine rings is 1. The zero-order valence-corrected chi connectivity index (χ0v) is 22.2. The highest BCUT2D eigenvalue weighted by molar-refractivity contribution is 5.78. The molecule has 0 unspecified atom stereocenters. The van der Waals surface area contributed by atoms with Crippen molar-refractivity contribution in [3.05, 3.63) is 88.5 Å². The van der Waals surface area contributed by atoms with Crippen LogP contribution in [0.15, 0.2) is 60.7 Å². The minimum absolute atomic E-state index is 0.0952. The Hall–Kier alpha value is -2.62. The summed E-state index contributed by atoms with van der Waals surface area (Å²) in [5.74, 6) is 0.470. The molecule has 3 heteroatoms. The fourth-order valence-electron chi connectivity index (χ4n) is 5.89. The molecule has 0 bridgehead atoms. The molecule has 3 aromatic rings. The van der Waals surface area contributed by atoms with E-state index in [0.29, 0.717) is 11.8 Å². The molecule has 1 fully saturated rings. The van der Waals surface area contributed by atoms with Crippen LogP contribution in [0.4, 0.5) is 0 Å². The molecule has 1 N–H and O–H groups in total. The highest BCUT2D eigenvalue weighted by Crippen LogP contribution is 2.46. The second-order valence-electron chi connectivity index (χ2n) is 12.4. The molecule has 3 aromatic carbocycles. The summed E-state index contributed by atoms with van der Waals surface area (Å²) >= 11 is 0. The van der Waals surface area contributed by atoms with Gasteiger partial charge in [0, 0.05) is 32.7 Å². The fraction of sp³-hybridized carbons (Fsp3) is 0.438. The summed E-state index contributed by atoms with van der Waals surface area (Å²) in [5, 5.41) is 11.1. The molecule has 35 heavy (non-hydrogen) atoms. The standard InChI is InChI=1S/C32H40N2O/c1-31(2,3)27-19-22(20-28(30(27)35)32(4,5)6)21-33-15-17-34(18-16-33)29-25-13-9-7-11-23(25)24-12-8-10-14-26(24)29/h7-14,19-20,29,35H,15-18,21H2,1-6H3. The zero-order chi connectivity index (χ0) is 25.0. The largest absolute Gasteiger partial charge is 0.507 e. The Balaban J connectivity index is 1.35. The Kier molecular flexibility index (Phi) is 6.05. The highest BCUT2D eigenvalue weighted by Gasteiger charge is 2.34. The molecule has 0 radical (unpaired) electrons. The summed E-state index contributed by atoms with van der Waals surface area (Å²) in [7, 11) is 0. The molecular weight excluding hydrogens is 428 g/mol. The van der Waals surface area contributed by atoms with Gasteiger partial charge >= 0.3 is 0 Å². The Morgan fingerprint density at radius 2 is 1.17 bits per heavy atom. The van der Waals surface area contributed by atoms with Gasteiger partial charge in [-0.3, -0.25) is 9.80 Å². The molecule has 0 atom stereocenters. The number of fused-ring (bicyclic) bond motifs is 3. The number of rotatable bonds is 3. The summed E-state index contributed by atoms with van der Waals surface area (Å²) in [6.45, 7) is 18.3. The average Bonchev–Trinajstić information content (AvgIpc) is 3.14. The molecule has 0 saturated carbocycles. The van der Waals surface area contributed by atoms with Crippen LogP contribution < -0.4 is 0 Å². The van der Waals surface area contributed by atoms with E-state index in [1.807, 2.05) is 0 Å². The van der Waals surface area contributed by atoms with Crippen molar-refractivity contribution in [3.63, 3.8) is 0 Å². The Morgan fingerprint density at radius 1 is 0.714 bits per heavy atom. The van der Waals surface area contributed by atoms with Crippen LogP contribution in [0.3, 0.4) is 0 Å². The van der Waals surface area contributed by atoms with E-state index in [1.165, 1.54) is 27.8 Å². The quantitative estimate of drug-likeness (QED) is 0.454. The predicted octanol–water partition coefficient (Wildman–Crippen LogP) is 6.87. The van der Waals surface area contributed by atoms with Crippen molar-refractivity contribution in [2.75, 3.05) is 26.2 Å². The van der Waals surface area contributed by atoms with E-state index in [-0.39, 0.29) is 10.8 Å². The number of hydrogen-bond donors (Lipinski definition) is 1. The maximum absolute atomic E-state index is 11.1. The molecule has 5 rings (SSSR count). The van der Waals surface area contributed by atoms with Crippen LogP contribution in [0.25, 0.3) is 11.1 Å². The minimum atomic E-state index is -0.0952. The number of phenols is 1. The molecule has 1 aliphatic carbocycles. The van der Waals surface area contributed by atoms with Gasteiger partial charge in [0.15, 0.2) is 0 Å². The lowest BCUT2D eigenvalue weighted by molar-refractivity contribution is 0.106. The van der Waals surface area contributed by atoms with Crippen molar-refractivity contribution in [1.82, 2.24) is 9.80 Å². The van der Waals surface area contributed by atoms with E-state index in [0.717, 1.165) is 43.9 Å². The van der Waals surface area contributed by atoms with Gasteiger partial charge in [0.25, 0.3) is 0 Å². The first-order chi connectivity index (χ1) is 16.5. The number of benzene rings is 3. The maximum Gasteiger partial charge on any atom is 0.123 e. The summed E-state index contributed by atoms with van der Waals surface area (Å²) < 4.78 is 0. The lowest BCUT2D eigenvalue weighted by Crippen LogP contribution is -2.47. The Labute approximate surface area is 211 Å². The number of phenolic OH excluding ortho intramolecular Hbond substituents is 1. The van der Waals surface area contributed by atoms with Crippen LogP contribution in [0.1, 0.15) is 75.4 Å². The van der Waals surface area contributed by atoms with Gasteiger partial charge in [-0.05, 0) is 49.8 Å². The summed E-state index contributed by atoms with van der Waals surface area (Å²) in [5.41, 5.74) is 8.91. The van der Waals surface area contributed by atoms with Crippen molar-refractivity contribution in [2.45, 2.75) is 65.0 Å². The Morgan fingerprint density at radius 3 is 1.63 bits per heavy atom. The number of aromatic hydroxyl groups is 1. The van der Waals surface area contributed by atoms with Crippen molar-refractivity contribution < 1.29 is 5.11 Å². The maximum atomic E-state index is 11.1. The molecule has 2 aliphatic rings. The fourth-order valence-corrected chi connectivity index (χ4v) is 5.89. The third kappa shape index (κ3) is 4.52. The van der Waals surface area contributed by atoms with Crippen molar-refractivity contribution >= 4 is 0 Å². The van der Waals surface area contributed by atoms with Crippen molar-refractivity contribution in [2.24, 2.45) is 0 Å². The molecule has 3 nitrogen and oxygen atoms in total.